The van der Waals surface area contributed by atoms with E-state index in [1.54, 1.807) is 12.1 Å². The summed E-state index contributed by atoms with van der Waals surface area (Å²) in [7, 11) is 0. The molecular weight excluding hydrogens is 417 g/mol. The van der Waals surface area contributed by atoms with Gasteiger partial charge in [-0.05, 0) is 42.3 Å². The Labute approximate surface area is 167 Å². The van der Waals surface area contributed by atoms with E-state index in [0.29, 0.717) is 51.0 Å². The van der Waals surface area contributed by atoms with Gasteiger partial charge in [0.2, 0.25) is 0 Å². The molecule has 0 fully saturated rings. The first-order valence-electron chi connectivity index (χ1n) is 8.85. The fourth-order valence-corrected chi connectivity index (χ4v) is 2.83. The van der Waals surface area contributed by atoms with Gasteiger partial charge in [-0.2, -0.15) is 0 Å². The summed E-state index contributed by atoms with van der Waals surface area (Å²) in [5, 5.41) is 12.0. The van der Waals surface area contributed by atoms with Gasteiger partial charge in [0.05, 0.1) is 26.4 Å². The van der Waals surface area contributed by atoms with Gasteiger partial charge in [-0.25, -0.2) is 4.39 Å². The third kappa shape index (κ3) is 7.46. The van der Waals surface area contributed by atoms with Gasteiger partial charge in [0.25, 0.3) is 0 Å². The molecule has 0 saturated carbocycles. The van der Waals surface area contributed by atoms with Crippen LogP contribution in [0.1, 0.15) is 18.1 Å². The molecule has 2 aromatic rings. The Bertz CT molecular complexity index is 697. The maximum atomic E-state index is 13.0. The van der Waals surface area contributed by atoms with Crippen LogP contribution in [-0.2, 0) is 17.9 Å². The number of nitrogens with one attached hydrogen (secondary N) is 1. The summed E-state index contributed by atoms with van der Waals surface area (Å²) >= 11 is 3.57. The number of rotatable bonds is 12. The number of halogens is 2. The van der Waals surface area contributed by atoms with Gasteiger partial charge in [-0.1, -0.05) is 28.1 Å². The van der Waals surface area contributed by atoms with Crippen molar-refractivity contribution in [3.63, 3.8) is 0 Å². The molecule has 0 heterocycles. The Kier molecular flexibility index (Phi) is 9.55. The Morgan fingerprint density at radius 3 is 2.52 bits per heavy atom. The molecule has 0 spiro atoms. The molecule has 0 unspecified atom stereocenters. The Morgan fingerprint density at radius 2 is 1.81 bits per heavy atom. The van der Waals surface area contributed by atoms with Crippen LogP contribution in [0.25, 0.3) is 0 Å². The van der Waals surface area contributed by atoms with Crippen molar-refractivity contribution < 1.29 is 23.7 Å². The van der Waals surface area contributed by atoms with Crippen LogP contribution in [0.5, 0.6) is 11.5 Å². The summed E-state index contributed by atoms with van der Waals surface area (Å²) in [4.78, 5) is 0. The van der Waals surface area contributed by atoms with Crippen LogP contribution >= 0.6 is 15.9 Å². The van der Waals surface area contributed by atoms with E-state index in [4.69, 9.17) is 19.3 Å². The predicted molar refractivity (Wildman–Crippen MR) is 106 cm³/mol. The van der Waals surface area contributed by atoms with E-state index in [9.17, 15) is 4.39 Å². The zero-order chi connectivity index (χ0) is 19.5. The first kappa shape index (κ1) is 21.6. The van der Waals surface area contributed by atoms with Gasteiger partial charge in [-0.15, -0.1) is 0 Å². The lowest BCUT2D eigenvalue weighted by atomic mass is 10.2. The third-order valence-corrected chi connectivity index (χ3v) is 4.43. The molecule has 2 rings (SSSR count). The lowest BCUT2D eigenvalue weighted by Crippen LogP contribution is -2.20. The lowest BCUT2D eigenvalue weighted by molar-refractivity contribution is 0.0938. The highest BCUT2D eigenvalue weighted by molar-refractivity contribution is 9.10. The molecule has 2 aromatic carbocycles. The molecule has 27 heavy (non-hydrogen) atoms. The first-order chi connectivity index (χ1) is 13.1. The van der Waals surface area contributed by atoms with E-state index in [2.05, 4.69) is 21.2 Å². The highest BCUT2D eigenvalue weighted by Gasteiger charge is 2.11. The Morgan fingerprint density at radius 1 is 1.07 bits per heavy atom. The van der Waals surface area contributed by atoms with Crippen molar-refractivity contribution in [1.82, 2.24) is 5.32 Å². The molecule has 148 valence electrons. The van der Waals surface area contributed by atoms with Crippen molar-refractivity contribution in [3.05, 3.63) is 57.8 Å². The molecule has 0 amide bonds. The van der Waals surface area contributed by atoms with Gasteiger partial charge in [0.15, 0.2) is 11.5 Å². The highest BCUT2D eigenvalue weighted by atomic mass is 79.9. The molecule has 7 heteroatoms. The predicted octanol–water partition coefficient (Wildman–Crippen LogP) is 3.66. The number of hydrogen-bond acceptors (Lipinski definition) is 5. The second-order valence-corrected chi connectivity index (χ2v) is 6.61. The van der Waals surface area contributed by atoms with Crippen LogP contribution in [0.3, 0.4) is 0 Å². The molecule has 0 radical (unpaired) electrons. The average Bonchev–Trinajstić information content (AvgIpc) is 2.67. The summed E-state index contributed by atoms with van der Waals surface area (Å²) in [6.45, 7) is 5.00. The molecular formula is C20H25BrFNO4. The van der Waals surface area contributed by atoms with Crippen LogP contribution < -0.4 is 14.8 Å². The van der Waals surface area contributed by atoms with Crippen molar-refractivity contribution in [3.8, 4) is 11.5 Å². The summed E-state index contributed by atoms with van der Waals surface area (Å²) < 4.78 is 30.7. The molecule has 0 aliphatic heterocycles. The second kappa shape index (κ2) is 11.9. The van der Waals surface area contributed by atoms with Crippen molar-refractivity contribution in [2.45, 2.75) is 20.1 Å². The standard InChI is InChI=1S/C20H25BrFNO4/c1-2-26-19-11-16(13-23-7-9-25-10-8-24)18(21)12-20(19)27-14-15-3-5-17(22)6-4-15/h3-6,11-12,23-24H,2,7-10,13-14H2,1H3. The minimum absolute atomic E-state index is 0.0304. The Balaban J connectivity index is 1.98. The second-order valence-electron chi connectivity index (χ2n) is 5.75. The van der Waals surface area contributed by atoms with Crippen LogP contribution in [-0.4, -0.2) is 38.1 Å². The maximum Gasteiger partial charge on any atom is 0.162 e. The molecule has 0 aliphatic carbocycles. The molecule has 0 aliphatic rings. The van der Waals surface area contributed by atoms with Gasteiger partial charge in [-0.3, -0.25) is 0 Å². The highest BCUT2D eigenvalue weighted by Crippen LogP contribution is 2.34. The fourth-order valence-electron chi connectivity index (χ4n) is 2.37. The van der Waals surface area contributed by atoms with E-state index in [1.165, 1.54) is 12.1 Å². The van der Waals surface area contributed by atoms with Crippen molar-refractivity contribution in [1.29, 1.82) is 0 Å². The van der Waals surface area contributed by atoms with Gasteiger partial charge < -0.3 is 24.6 Å². The molecule has 0 atom stereocenters. The number of hydrogen-bond donors (Lipinski definition) is 2. The van der Waals surface area contributed by atoms with Gasteiger partial charge in [0.1, 0.15) is 12.4 Å². The molecule has 0 saturated heterocycles. The first-order valence-corrected chi connectivity index (χ1v) is 9.65. The number of aliphatic hydroxyl groups is 1. The normalized spacial score (nSPS) is 10.8. The van der Waals surface area contributed by atoms with Gasteiger partial charge in [0, 0.05) is 17.6 Å². The Hall–Kier alpha value is -1.67. The minimum Gasteiger partial charge on any atom is -0.490 e. The SMILES string of the molecule is CCOc1cc(CNCCOCCO)c(Br)cc1OCc1ccc(F)cc1. The van der Waals surface area contributed by atoms with Crippen molar-refractivity contribution in [2.24, 2.45) is 0 Å². The van der Waals surface area contributed by atoms with E-state index >= 15 is 0 Å². The fraction of sp³-hybridized carbons (Fsp3) is 0.400. The van der Waals surface area contributed by atoms with Crippen molar-refractivity contribution in [2.75, 3.05) is 33.0 Å². The molecule has 0 bridgehead atoms. The summed E-state index contributed by atoms with van der Waals surface area (Å²) in [5.74, 6) is 1.02. The molecule has 5 nitrogen and oxygen atoms in total. The number of ether oxygens (including phenoxy) is 3. The largest absolute Gasteiger partial charge is 0.490 e. The van der Waals surface area contributed by atoms with E-state index in [0.717, 1.165) is 15.6 Å². The van der Waals surface area contributed by atoms with Crippen LogP contribution in [0.15, 0.2) is 40.9 Å². The number of aliphatic hydroxyl groups excluding tert-OH is 1. The van der Waals surface area contributed by atoms with Crippen LogP contribution in [0.4, 0.5) is 4.39 Å². The molecule has 2 N–H and O–H groups in total. The average molecular weight is 442 g/mol. The van der Waals surface area contributed by atoms with Crippen LogP contribution in [0, 0.1) is 5.82 Å². The zero-order valence-corrected chi connectivity index (χ0v) is 16.9. The third-order valence-electron chi connectivity index (χ3n) is 3.69. The van der Waals surface area contributed by atoms with E-state index in [-0.39, 0.29) is 12.4 Å². The quantitative estimate of drug-likeness (QED) is 0.492. The summed E-state index contributed by atoms with van der Waals surface area (Å²) in [6.07, 6.45) is 0. The van der Waals surface area contributed by atoms with Crippen LogP contribution in [0.2, 0.25) is 0 Å². The van der Waals surface area contributed by atoms with E-state index in [1.807, 2.05) is 19.1 Å². The lowest BCUT2D eigenvalue weighted by Gasteiger charge is -2.15. The van der Waals surface area contributed by atoms with Gasteiger partial charge >= 0.3 is 0 Å². The smallest absolute Gasteiger partial charge is 0.162 e. The monoisotopic (exact) mass is 441 g/mol. The summed E-state index contributed by atoms with van der Waals surface area (Å²) in [5.41, 5.74) is 1.92. The maximum absolute atomic E-state index is 13.0. The van der Waals surface area contributed by atoms with Crippen molar-refractivity contribution >= 4 is 15.9 Å². The molecule has 0 aromatic heterocycles. The zero-order valence-electron chi connectivity index (χ0n) is 15.3. The van der Waals surface area contributed by atoms with E-state index < -0.39 is 0 Å². The summed E-state index contributed by atoms with van der Waals surface area (Å²) in [6, 6.07) is 10.0. The minimum atomic E-state index is -0.268. The number of benzene rings is 2. The topological polar surface area (TPSA) is 60.0 Å².